The Morgan fingerprint density at radius 1 is 0.432 bits per heavy atom. The first kappa shape index (κ1) is 20.2. The third-order valence-electron chi connectivity index (χ3n) is 7.25. The molecule has 3 heteroatoms. The lowest BCUT2D eigenvalue weighted by Gasteiger charge is -2.11. The van der Waals surface area contributed by atoms with Crippen molar-refractivity contribution in [1.82, 2.24) is 9.97 Å². The Hall–Kier alpha value is -5.02. The van der Waals surface area contributed by atoms with Crippen molar-refractivity contribution in [1.29, 1.82) is 0 Å². The summed E-state index contributed by atoms with van der Waals surface area (Å²) < 4.78 is 6.24. The molecular weight excluding hydrogens is 452 g/mol. The van der Waals surface area contributed by atoms with E-state index in [1.165, 1.54) is 5.39 Å². The van der Waals surface area contributed by atoms with Gasteiger partial charge in [0.1, 0.15) is 11.2 Å². The Bertz CT molecular complexity index is 2140. The third kappa shape index (κ3) is 3.14. The van der Waals surface area contributed by atoms with E-state index in [1.807, 2.05) is 30.3 Å². The Morgan fingerprint density at radius 3 is 2.05 bits per heavy atom. The molecule has 0 bridgehead atoms. The first-order valence-corrected chi connectivity index (χ1v) is 12.4. The lowest BCUT2D eigenvalue weighted by atomic mass is 9.97. The van der Waals surface area contributed by atoms with Crippen LogP contribution in [0.25, 0.3) is 77.0 Å². The smallest absolute Gasteiger partial charge is 0.136 e. The van der Waals surface area contributed by atoms with Crippen molar-refractivity contribution in [3.8, 4) is 22.5 Å². The predicted molar refractivity (Wildman–Crippen MR) is 153 cm³/mol. The van der Waals surface area contributed by atoms with Gasteiger partial charge in [-0.2, -0.15) is 0 Å². The van der Waals surface area contributed by atoms with Gasteiger partial charge in [-0.15, -0.1) is 0 Å². The van der Waals surface area contributed by atoms with Crippen LogP contribution in [0.4, 0.5) is 0 Å². The molecular formula is C34H20N2O. The van der Waals surface area contributed by atoms with E-state index in [0.717, 1.165) is 71.6 Å². The minimum atomic E-state index is 0.879. The van der Waals surface area contributed by atoms with E-state index in [0.29, 0.717) is 0 Å². The highest BCUT2D eigenvalue weighted by Crippen LogP contribution is 2.38. The maximum Gasteiger partial charge on any atom is 0.136 e. The number of furan rings is 1. The van der Waals surface area contributed by atoms with Gasteiger partial charge in [-0.3, -0.25) is 0 Å². The molecule has 0 fully saturated rings. The van der Waals surface area contributed by atoms with E-state index in [1.54, 1.807) is 0 Å². The fourth-order valence-corrected chi connectivity index (χ4v) is 5.42. The van der Waals surface area contributed by atoms with Crippen molar-refractivity contribution in [2.24, 2.45) is 0 Å². The number of nitrogens with zero attached hydrogens (tertiary/aromatic N) is 2. The topological polar surface area (TPSA) is 38.9 Å². The zero-order valence-corrected chi connectivity index (χ0v) is 19.8. The van der Waals surface area contributed by atoms with Gasteiger partial charge in [-0.25, -0.2) is 9.97 Å². The van der Waals surface area contributed by atoms with Gasteiger partial charge >= 0.3 is 0 Å². The van der Waals surface area contributed by atoms with Gasteiger partial charge in [0, 0.05) is 38.1 Å². The van der Waals surface area contributed by atoms with Crippen LogP contribution >= 0.6 is 0 Å². The fraction of sp³-hybridized carbons (Fsp3) is 0. The summed E-state index contributed by atoms with van der Waals surface area (Å²) in [6.45, 7) is 0. The van der Waals surface area contributed by atoms with Crippen LogP contribution in [-0.4, -0.2) is 9.97 Å². The normalized spacial score (nSPS) is 11.8. The van der Waals surface area contributed by atoms with Gasteiger partial charge in [0.2, 0.25) is 0 Å². The molecule has 0 aliphatic heterocycles. The van der Waals surface area contributed by atoms with Gasteiger partial charge in [-0.05, 0) is 41.8 Å². The van der Waals surface area contributed by atoms with Crippen molar-refractivity contribution < 1.29 is 4.42 Å². The Morgan fingerprint density at radius 2 is 1.16 bits per heavy atom. The highest BCUT2D eigenvalue weighted by molar-refractivity contribution is 6.18. The molecule has 172 valence electrons. The predicted octanol–water partition coefficient (Wildman–Crippen LogP) is 9.17. The summed E-state index contributed by atoms with van der Waals surface area (Å²) in [5.74, 6) is 0. The number of hydrogen-bond acceptors (Lipinski definition) is 3. The van der Waals surface area contributed by atoms with Crippen LogP contribution in [0.2, 0.25) is 0 Å². The van der Waals surface area contributed by atoms with Crippen molar-refractivity contribution >= 4 is 54.5 Å². The molecule has 0 spiro atoms. The summed E-state index contributed by atoms with van der Waals surface area (Å²) in [5.41, 5.74) is 7.83. The minimum Gasteiger partial charge on any atom is -0.456 e. The summed E-state index contributed by atoms with van der Waals surface area (Å²) in [6.07, 6.45) is 0. The van der Waals surface area contributed by atoms with Crippen molar-refractivity contribution in [2.75, 3.05) is 0 Å². The van der Waals surface area contributed by atoms with Gasteiger partial charge in [-0.1, -0.05) is 84.9 Å². The highest BCUT2D eigenvalue weighted by Gasteiger charge is 2.15. The number of aromatic nitrogens is 2. The lowest BCUT2D eigenvalue weighted by Crippen LogP contribution is -1.90. The number of benzene rings is 5. The molecule has 0 amide bonds. The molecule has 0 aliphatic rings. The largest absolute Gasteiger partial charge is 0.456 e. The van der Waals surface area contributed by atoms with Crippen molar-refractivity contribution in [3.05, 3.63) is 121 Å². The van der Waals surface area contributed by atoms with E-state index in [9.17, 15) is 0 Å². The number of pyridine rings is 2. The number of hydrogen-bond donors (Lipinski definition) is 0. The molecule has 3 nitrogen and oxygen atoms in total. The maximum absolute atomic E-state index is 6.24. The highest BCUT2D eigenvalue weighted by atomic mass is 16.3. The molecule has 3 aromatic heterocycles. The Balaban J connectivity index is 1.34. The summed E-state index contributed by atoms with van der Waals surface area (Å²) in [6, 6.07) is 42.0. The second-order valence-electron chi connectivity index (χ2n) is 9.44. The molecule has 5 aromatic carbocycles. The first-order chi connectivity index (χ1) is 18.3. The number of para-hydroxylation sites is 3. The van der Waals surface area contributed by atoms with Crippen LogP contribution in [0.1, 0.15) is 0 Å². The average Bonchev–Trinajstić information content (AvgIpc) is 3.33. The zero-order chi connectivity index (χ0) is 24.3. The third-order valence-corrected chi connectivity index (χ3v) is 7.25. The van der Waals surface area contributed by atoms with Crippen LogP contribution in [0.5, 0.6) is 0 Å². The minimum absolute atomic E-state index is 0.879. The van der Waals surface area contributed by atoms with Gasteiger partial charge in [0.25, 0.3) is 0 Å². The quantitative estimate of drug-likeness (QED) is 0.235. The van der Waals surface area contributed by atoms with Gasteiger partial charge in [0.05, 0.1) is 22.4 Å². The van der Waals surface area contributed by atoms with Crippen LogP contribution < -0.4 is 0 Å². The Kier molecular flexibility index (Phi) is 4.23. The van der Waals surface area contributed by atoms with Crippen LogP contribution in [0.15, 0.2) is 126 Å². The fourth-order valence-electron chi connectivity index (χ4n) is 5.42. The van der Waals surface area contributed by atoms with Crippen LogP contribution in [0.3, 0.4) is 0 Å². The van der Waals surface area contributed by atoms with Crippen LogP contribution in [0, 0.1) is 0 Å². The van der Waals surface area contributed by atoms with E-state index in [4.69, 9.17) is 14.4 Å². The van der Waals surface area contributed by atoms with Crippen LogP contribution in [-0.2, 0) is 0 Å². The molecule has 0 unspecified atom stereocenters. The summed E-state index contributed by atoms with van der Waals surface area (Å²) in [7, 11) is 0. The first-order valence-electron chi connectivity index (χ1n) is 12.4. The lowest BCUT2D eigenvalue weighted by molar-refractivity contribution is 0.669. The SMILES string of the molecule is c1ccc2nc(-c3ccc(-c4nc5ccccc5c5cc6c(cc45)oc4ccccc46)cc3)ccc2c1. The molecule has 0 saturated carbocycles. The molecule has 0 saturated heterocycles. The summed E-state index contributed by atoms with van der Waals surface area (Å²) in [5, 5.41) is 6.82. The second kappa shape index (κ2) is 7.74. The summed E-state index contributed by atoms with van der Waals surface area (Å²) >= 11 is 0. The summed E-state index contributed by atoms with van der Waals surface area (Å²) in [4.78, 5) is 9.99. The van der Waals surface area contributed by atoms with E-state index in [-0.39, 0.29) is 0 Å². The van der Waals surface area contributed by atoms with E-state index < -0.39 is 0 Å². The van der Waals surface area contributed by atoms with Crippen molar-refractivity contribution in [3.63, 3.8) is 0 Å². The molecule has 8 aromatic rings. The molecule has 0 radical (unpaired) electrons. The monoisotopic (exact) mass is 472 g/mol. The average molecular weight is 473 g/mol. The molecule has 0 aliphatic carbocycles. The molecule has 0 N–H and O–H groups in total. The standard InChI is InChI=1S/C34H20N2O/c1-4-10-29-21(7-1)17-18-30(35-29)22-13-15-23(16-14-22)34-28-20-33-27(25-9-3-6-12-32(25)37-33)19-26(28)24-8-2-5-11-31(24)36-34/h1-20H. The van der Waals surface area contributed by atoms with E-state index >= 15 is 0 Å². The molecule has 8 rings (SSSR count). The second-order valence-corrected chi connectivity index (χ2v) is 9.44. The maximum atomic E-state index is 6.24. The van der Waals surface area contributed by atoms with Crippen molar-refractivity contribution in [2.45, 2.75) is 0 Å². The zero-order valence-electron chi connectivity index (χ0n) is 19.8. The Labute approximate surface area is 212 Å². The van der Waals surface area contributed by atoms with Gasteiger partial charge < -0.3 is 4.42 Å². The number of fused-ring (bicyclic) bond motifs is 7. The molecule has 0 atom stereocenters. The number of rotatable bonds is 2. The molecule has 37 heavy (non-hydrogen) atoms. The van der Waals surface area contributed by atoms with E-state index in [2.05, 4.69) is 91.0 Å². The molecule has 3 heterocycles. The van der Waals surface area contributed by atoms with Gasteiger partial charge in [0.15, 0.2) is 0 Å².